The fraction of sp³-hybridized carbons (Fsp3) is 0.250. The van der Waals surface area contributed by atoms with Crippen molar-refractivity contribution < 1.29 is 9.47 Å². The second-order valence-electron chi connectivity index (χ2n) is 6.95. The molecule has 1 heterocycles. The van der Waals surface area contributed by atoms with Gasteiger partial charge in [0.05, 0.1) is 18.4 Å². The first-order valence-electron chi connectivity index (χ1n) is 9.72. The summed E-state index contributed by atoms with van der Waals surface area (Å²) in [6, 6.07) is 18.0. The van der Waals surface area contributed by atoms with Gasteiger partial charge < -0.3 is 9.47 Å². The first-order chi connectivity index (χ1) is 14.3. The molecular weight excluding hydrogens is 380 g/mol. The van der Waals surface area contributed by atoms with E-state index in [0.29, 0.717) is 23.7 Å². The summed E-state index contributed by atoms with van der Waals surface area (Å²) in [5, 5.41) is 10.5. The largest absolute Gasteiger partial charge is 0.493 e. The van der Waals surface area contributed by atoms with Gasteiger partial charge in [-0.2, -0.15) is 5.26 Å². The van der Waals surface area contributed by atoms with Crippen molar-refractivity contribution in [3.05, 3.63) is 75.2 Å². The molecule has 0 radical (unpaired) electrons. The molecule has 0 fully saturated rings. The molecule has 0 bridgehead atoms. The van der Waals surface area contributed by atoms with Crippen molar-refractivity contribution in [1.82, 2.24) is 4.98 Å². The third kappa shape index (κ3) is 4.49. The fourth-order valence-corrected chi connectivity index (χ4v) is 4.52. The van der Waals surface area contributed by atoms with E-state index in [0.717, 1.165) is 29.0 Å². The molecule has 0 unspecified atom stereocenters. The zero-order valence-corrected chi connectivity index (χ0v) is 17.2. The molecule has 1 aliphatic carbocycles. The minimum Gasteiger partial charge on any atom is -0.493 e. The molecule has 2 aromatic carbocycles. The van der Waals surface area contributed by atoms with Crippen molar-refractivity contribution in [1.29, 1.82) is 5.26 Å². The summed E-state index contributed by atoms with van der Waals surface area (Å²) in [4.78, 5) is 6.05. The average Bonchev–Trinajstić information content (AvgIpc) is 3.21. The minimum atomic E-state index is 0.453. The molecule has 0 N–H and O–H groups in total. The Morgan fingerprint density at radius 3 is 2.72 bits per heavy atom. The molecule has 0 amide bonds. The number of ether oxygens (including phenoxy) is 2. The first-order valence-corrected chi connectivity index (χ1v) is 10.5. The number of benzene rings is 2. The van der Waals surface area contributed by atoms with Gasteiger partial charge >= 0.3 is 0 Å². The number of nitriles is 1. The van der Waals surface area contributed by atoms with Gasteiger partial charge in [-0.3, -0.25) is 0 Å². The van der Waals surface area contributed by atoms with Gasteiger partial charge in [-0.25, -0.2) is 4.98 Å². The van der Waals surface area contributed by atoms with Crippen molar-refractivity contribution in [2.24, 2.45) is 0 Å². The predicted molar refractivity (Wildman–Crippen MR) is 116 cm³/mol. The number of nitrogens with zero attached hydrogens (tertiary/aromatic N) is 2. The lowest BCUT2D eigenvalue weighted by Gasteiger charge is -2.11. The zero-order chi connectivity index (χ0) is 20.1. The van der Waals surface area contributed by atoms with E-state index in [-0.39, 0.29) is 0 Å². The van der Waals surface area contributed by atoms with Gasteiger partial charge in [-0.1, -0.05) is 36.4 Å². The van der Waals surface area contributed by atoms with Crippen molar-refractivity contribution >= 4 is 23.0 Å². The summed E-state index contributed by atoms with van der Waals surface area (Å²) in [7, 11) is 1.63. The lowest BCUT2D eigenvalue weighted by molar-refractivity contribution is 0.284. The average molecular weight is 403 g/mol. The van der Waals surface area contributed by atoms with Crippen molar-refractivity contribution in [2.45, 2.75) is 32.3 Å². The van der Waals surface area contributed by atoms with Gasteiger partial charge in [-0.15, -0.1) is 11.3 Å². The van der Waals surface area contributed by atoms with Crippen LogP contribution in [0.25, 0.3) is 11.6 Å². The van der Waals surface area contributed by atoms with Crippen LogP contribution in [-0.4, -0.2) is 12.1 Å². The second kappa shape index (κ2) is 8.93. The monoisotopic (exact) mass is 402 g/mol. The van der Waals surface area contributed by atoms with Crippen LogP contribution in [0.1, 0.15) is 39.5 Å². The van der Waals surface area contributed by atoms with Crippen LogP contribution < -0.4 is 9.47 Å². The number of aryl methyl sites for hydroxylation is 2. The summed E-state index contributed by atoms with van der Waals surface area (Å²) < 4.78 is 11.4. The Morgan fingerprint density at radius 2 is 1.97 bits per heavy atom. The van der Waals surface area contributed by atoms with Crippen LogP contribution in [-0.2, 0) is 19.4 Å². The summed E-state index contributed by atoms with van der Waals surface area (Å²) in [5.74, 6) is 1.32. The molecule has 0 saturated heterocycles. The van der Waals surface area contributed by atoms with Crippen LogP contribution in [0.4, 0.5) is 0 Å². The third-order valence-electron chi connectivity index (χ3n) is 4.93. The molecule has 1 aromatic heterocycles. The summed E-state index contributed by atoms with van der Waals surface area (Å²) in [5.41, 5.74) is 3.72. The number of allylic oxidation sites excluding steroid dienone is 1. The number of hydrogen-bond acceptors (Lipinski definition) is 5. The molecular formula is C24H22N2O2S. The molecule has 0 atom stereocenters. The Bertz CT molecular complexity index is 1040. The Balaban J connectivity index is 1.60. The van der Waals surface area contributed by atoms with E-state index in [1.54, 1.807) is 18.4 Å². The highest BCUT2D eigenvalue weighted by molar-refractivity contribution is 7.13. The molecule has 4 nitrogen and oxygen atoms in total. The smallest absolute Gasteiger partial charge is 0.162 e. The maximum absolute atomic E-state index is 9.72. The number of methoxy groups -OCH3 is 1. The predicted octanol–water partition coefficient (Wildman–Crippen LogP) is 5.67. The maximum Gasteiger partial charge on any atom is 0.162 e. The quantitative estimate of drug-likeness (QED) is 0.498. The van der Waals surface area contributed by atoms with E-state index in [4.69, 9.17) is 14.5 Å². The van der Waals surface area contributed by atoms with Gasteiger partial charge in [0.15, 0.2) is 11.5 Å². The second-order valence-corrected chi connectivity index (χ2v) is 8.03. The third-order valence-corrected chi connectivity index (χ3v) is 6.12. The van der Waals surface area contributed by atoms with Crippen molar-refractivity contribution in [3.8, 4) is 17.6 Å². The molecule has 0 aliphatic heterocycles. The van der Waals surface area contributed by atoms with Crippen LogP contribution in [0, 0.1) is 11.3 Å². The van der Waals surface area contributed by atoms with Crippen molar-refractivity contribution in [3.63, 3.8) is 0 Å². The summed E-state index contributed by atoms with van der Waals surface area (Å²) in [6.07, 6.45) is 6.36. The van der Waals surface area contributed by atoms with E-state index in [1.165, 1.54) is 23.4 Å². The number of hydrogen-bond donors (Lipinski definition) is 0. The molecule has 3 aromatic rings. The summed E-state index contributed by atoms with van der Waals surface area (Å²) >= 11 is 1.65. The van der Waals surface area contributed by atoms with Gasteiger partial charge in [-0.05, 0) is 55.0 Å². The fourth-order valence-electron chi connectivity index (χ4n) is 3.41. The van der Waals surface area contributed by atoms with Crippen LogP contribution in [0.5, 0.6) is 11.5 Å². The first kappa shape index (κ1) is 19.2. The molecule has 0 spiro atoms. The Labute approximate surface area is 175 Å². The number of thiazole rings is 1. The topological polar surface area (TPSA) is 55.1 Å². The van der Waals surface area contributed by atoms with E-state index in [2.05, 4.69) is 6.07 Å². The minimum absolute atomic E-state index is 0.453. The summed E-state index contributed by atoms with van der Waals surface area (Å²) in [6.45, 7) is 0.453. The lowest BCUT2D eigenvalue weighted by Crippen LogP contribution is -1.99. The number of fused-ring (bicyclic) bond motifs is 1. The standard InChI is InChI=1S/C24H22N2O2S/c1-27-21-12-11-18(14-22(21)28-16-17-7-3-2-4-8-17)13-19(15-25)24-26-20-9-5-6-10-23(20)29-24/h2-4,7-8,11-14H,5-6,9-10,16H2,1H3/b19-13+. The van der Waals surface area contributed by atoms with Gasteiger partial charge in [0.25, 0.3) is 0 Å². The Hall–Kier alpha value is -3.10. The van der Waals surface area contributed by atoms with Crippen LogP contribution in [0.3, 0.4) is 0 Å². The molecule has 1 aliphatic rings. The number of rotatable bonds is 6. The van der Waals surface area contributed by atoms with Crippen LogP contribution in [0.2, 0.25) is 0 Å². The molecule has 0 saturated carbocycles. The normalized spacial score (nSPS) is 13.4. The van der Waals surface area contributed by atoms with Crippen LogP contribution >= 0.6 is 11.3 Å². The Morgan fingerprint density at radius 1 is 1.14 bits per heavy atom. The SMILES string of the molecule is COc1ccc(/C=C(\C#N)c2nc3c(s2)CCCC3)cc1OCc1ccccc1. The molecule has 4 rings (SSSR count). The number of aromatic nitrogens is 1. The highest BCUT2D eigenvalue weighted by Gasteiger charge is 2.17. The zero-order valence-electron chi connectivity index (χ0n) is 16.4. The highest BCUT2D eigenvalue weighted by atomic mass is 32.1. The van der Waals surface area contributed by atoms with Gasteiger partial charge in [0, 0.05) is 4.88 Å². The molecule has 29 heavy (non-hydrogen) atoms. The van der Waals surface area contributed by atoms with Gasteiger partial charge in [0.1, 0.15) is 17.7 Å². The van der Waals surface area contributed by atoms with E-state index in [9.17, 15) is 5.26 Å². The lowest BCUT2D eigenvalue weighted by atomic mass is 10.0. The molecule has 5 heteroatoms. The van der Waals surface area contributed by atoms with E-state index < -0.39 is 0 Å². The van der Waals surface area contributed by atoms with Crippen molar-refractivity contribution in [2.75, 3.05) is 7.11 Å². The molecule has 146 valence electrons. The van der Waals surface area contributed by atoms with Gasteiger partial charge in [0.2, 0.25) is 0 Å². The Kier molecular flexibility index (Phi) is 5.92. The highest BCUT2D eigenvalue weighted by Crippen LogP contribution is 2.33. The maximum atomic E-state index is 9.72. The van der Waals surface area contributed by atoms with Crippen LogP contribution in [0.15, 0.2) is 48.5 Å². The van der Waals surface area contributed by atoms with E-state index >= 15 is 0 Å². The van der Waals surface area contributed by atoms with E-state index in [1.807, 2.05) is 54.6 Å².